The first kappa shape index (κ1) is 18.0. The molecule has 2 N–H and O–H groups in total. The molecule has 0 aromatic carbocycles. The standard InChI is InChI=1S/C12H21BrN2O3S2/c1-3-5-14-9-10-8-11(12(13)18-10)20(16,17)15-6-4-7-19-2/h8,14-15H,3-7,9H2,1-2H3. The normalized spacial score (nSPS) is 11.9. The predicted octanol–water partition coefficient (Wildman–Crippen LogP) is 2.57. The third kappa shape index (κ3) is 5.77. The Kier molecular flexibility index (Phi) is 8.20. The molecule has 5 nitrogen and oxygen atoms in total. The molecule has 8 heteroatoms. The van der Waals surface area contributed by atoms with Crippen molar-refractivity contribution < 1.29 is 12.8 Å². The van der Waals surface area contributed by atoms with Gasteiger partial charge in [0, 0.05) is 12.6 Å². The summed E-state index contributed by atoms with van der Waals surface area (Å²) in [4.78, 5) is 0.162. The largest absolute Gasteiger partial charge is 0.452 e. The number of thioether (sulfide) groups is 1. The van der Waals surface area contributed by atoms with E-state index in [0.29, 0.717) is 18.8 Å². The lowest BCUT2D eigenvalue weighted by atomic mass is 10.4. The third-order valence-corrected chi connectivity index (χ3v) is 5.55. The van der Waals surface area contributed by atoms with Crippen LogP contribution in [0.5, 0.6) is 0 Å². The van der Waals surface area contributed by atoms with Gasteiger partial charge in [0.1, 0.15) is 10.7 Å². The van der Waals surface area contributed by atoms with Gasteiger partial charge in [0.05, 0.1) is 6.54 Å². The zero-order chi connectivity index (χ0) is 15.0. The highest BCUT2D eigenvalue weighted by Gasteiger charge is 2.21. The Morgan fingerprint density at radius 2 is 2.15 bits per heavy atom. The molecule has 0 fully saturated rings. The molecular formula is C12H21BrN2O3S2. The van der Waals surface area contributed by atoms with Gasteiger partial charge in [-0.3, -0.25) is 0 Å². The summed E-state index contributed by atoms with van der Waals surface area (Å²) < 4.78 is 32.5. The molecule has 0 saturated heterocycles. The lowest BCUT2D eigenvalue weighted by Crippen LogP contribution is -2.25. The van der Waals surface area contributed by atoms with Crippen LogP contribution in [0.15, 0.2) is 20.0 Å². The van der Waals surface area contributed by atoms with Gasteiger partial charge >= 0.3 is 0 Å². The summed E-state index contributed by atoms with van der Waals surface area (Å²) >= 11 is 4.86. The molecule has 0 bridgehead atoms. The average Bonchev–Trinajstić information content (AvgIpc) is 2.77. The van der Waals surface area contributed by atoms with Gasteiger partial charge in [-0.1, -0.05) is 6.92 Å². The van der Waals surface area contributed by atoms with Crippen molar-refractivity contribution in [2.75, 3.05) is 25.1 Å². The highest BCUT2D eigenvalue weighted by atomic mass is 79.9. The molecule has 1 aromatic heterocycles. The summed E-state index contributed by atoms with van der Waals surface area (Å²) in [5.41, 5.74) is 0. The summed E-state index contributed by atoms with van der Waals surface area (Å²) in [6.07, 6.45) is 3.82. The molecule has 0 amide bonds. The lowest BCUT2D eigenvalue weighted by Gasteiger charge is -2.04. The van der Waals surface area contributed by atoms with Crippen LogP contribution in [-0.2, 0) is 16.6 Å². The highest BCUT2D eigenvalue weighted by molar-refractivity contribution is 9.10. The molecule has 20 heavy (non-hydrogen) atoms. The van der Waals surface area contributed by atoms with Crippen molar-refractivity contribution in [3.8, 4) is 0 Å². The Balaban J connectivity index is 2.64. The number of sulfonamides is 1. The molecule has 0 radical (unpaired) electrons. The quantitative estimate of drug-likeness (QED) is 0.606. The van der Waals surface area contributed by atoms with E-state index in [4.69, 9.17) is 4.42 Å². The van der Waals surface area contributed by atoms with E-state index in [1.807, 2.05) is 6.26 Å². The van der Waals surface area contributed by atoms with Gasteiger partial charge in [-0.25, -0.2) is 13.1 Å². The number of furan rings is 1. The summed E-state index contributed by atoms with van der Waals surface area (Å²) in [5, 5.41) is 3.17. The zero-order valence-electron chi connectivity index (χ0n) is 11.7. The monoisotopic (exact) mass is 384 g/mol. The molecule has 0 saturated carbocycles. The van der Waals surface area contributed by atoms with Crippen LogP contribution in [0.4, 0.5) is 0 Å². The molecule has 1 heterocycles. The van der Waals surface area contributed by atoms with Crippen LogP contribution in [0.2, 0.25) is 0 Å². The van der Waals surface area contributed by atoms with Gasteiger partial charge in [-0.05, 0) is 47.3 Å². The first-order valence-corrected chi connectivity index (χ1v) is 10.2. The van der Waals surface area contributed by atoms with Crippen molar-refractivity contribution >= 4 is 37.7 Å². The van der Waals surface area contributed by atoms with Crippen molar-refractivity contribution in [2.24, 2.45) is 0 Å². The van der Waals surface area contributed by atoms with Gasteiger partial charge in [0.15, 0.2) is 4.67 Å². The fourth-order valence-corrected chi connectivity index (χ4v) is 4.06. The minimum absolute atomic E-state index is 0.162. The Hall–Kier alpha value is -0.0200. The summed E-state index contributed by atoms with van der Waals surface area (Å²) in [5.74, 6) is 1.54. The molecule has 0 spiro atoms. The smallest absolute Gasteiger partial charge is 0.244 e. The van der Waals surface area contributed by atoms with Crippen LogP contribution in [-0.4, -0.2) is 33.5 Å². The predicted molar refractivity (Wildman–Crippen MR) is 86.6 cm³/mol. The first-order chi connectivity index (χ1) is 9.51. The summed E-state index contributed by atoms with van der Waals surface area (Å²) in [6, 6.07) is 1.56. The molecule has 0 atom stereocenters. The SMILES string of the molecule is CCCNCc1cc(S(=O)(=O)NCCCSC)c(Br)o1. The van der Waals surface area contributed by atoms with Crippen molar-refractivity contribution in [3.63, 3.8) is 0 Å². The number of rotatable bonds is 10. The van der Waals surface area contributed by atoms with Crippen LogP contribution >= 0.6 is 27.7 Å². The number of hydrogen-bond acceptors (Lipinski definition) is 5. The summed E-state index contributed by atoms with van der Waals surface area (Å²) in [7, 11) is -3.51. The van der Waals surface area contributed by atoms with Crippen molar-refractivity contribution in [1.82, 2.24) is 10.0 Å². The van der Waals surface area contributed by atoms with E-state index in [2.05, 4.69) is 32.9 Å². The first-order valence-electron chi connectivity index (χ1n) is 6.48. The summed E-state index contributed by atoms with van der Waals surface area (Å²) in [6.45, 7) is 3.89. The molecule has 1 aromatic rings. The second kappa shape index (κ2) is 9.09. The zero-order valence-corrected chi connectivity index (χ0v) is 15.0. The molecule has 0 aliphatic carbocycles. The van der Waals surface area contributed by atoms with E-state index in [1.165, 1.54) is 0 Å². The Labute approximate surface area is 133 Å². The fourth-order valence-electron chi connectivity index (χ4n) is 1.56. The van der Waals surface area contributed by atoms with E-state index in [1.54, 1.807) is 17.8 Å². The Bertz CT molecular complexity index is 503. The fraction of sp³-hybridized carbons (Fsp3) is 0.667. The van der Waals surface area contributed by atoms with Crippen molar-refractivity contribution in [3.05, 3.63) is 16.5 Å². The average molecular weight is 385 g/mol. The second-order valence-electron chi connectivity index (χ2n) is 4.27. The van der Waals surface area contributed by atoms with Crippen LogP contribution in [0, 0.1) is 0 Å². The maximum Gasteiger partial charge on any atom is 0.244 e. The van der Waals surface area contributed by atoms with Gasteiger partial charge in [0.2, 0.25) is 10.0 Å². The van der Waals surface area contributed by atoms with Crippen molar-refractivity contribution in [2.45, 2.75) is 31.2 Å². The van der Waals surface area contributed by atoms with E-state index in [-0.39, 0.29) is 9.56 Å². The molecule has 0 unspecified atom stereocenters. The second-order valence-corrected chi connectivity index (χ2v) is 7.71. The number of hydrogen-bond donors (Lipinski definition) is 2. The van der Waals surface area contributed by atoms with Crippen molar-refractivity contribution in [1.29, 1.82) is 0 Å². The number of nitrogens with one attached hydrogen (secondary N) is 2. The minimum Gasteiger partial charge on any atom is -0.452 e. The Morgan fingerprint density at radius 1 is 1.40 bits per heavy atom. The molecule has 0 aliphatic heterocycles. The van der Waals surface area contributed by atoms with Gasteiger partial charge in [-0.2, -0.15) is 11.8 Å². The van der Waals surface area contributed by atoms with Crippen LogP contribution in [0.1, 0.15) is 25.5 Å². The van der Waals surface area contributed by atoms with E-state index in [9.17, 15) is 8.42 Å². The molecule has 116 valence electrons. The maximum atomic E-state index is 12.1. The van der Waals surface area contributed by atoms with E-state index >= 15 is 0 Å². The van der Waals surface area contributed by atoms with Crippen LogP contribution in [0.25, 0.3) is 0 Å². The van der Waals surface area contributed by atoms with Crippen LogP contribution < -0.4 is 10.0 Å². The topological polar surface area (TPSA) is 71.3 Å². The lowest BCUT2D eigenvalue weighted by molar-refractivity contribution is 0.461. The Morgan fingerprint density at radius 3 is 2.80 bits per heavy atom. The van der Waals surface area contributed by atoms with E-state index < -0.39 is 10.0 Å². The maximum absolute atomic E-state index is 12.1. The van der Waals surface area contributed by atoms with Gasteiger partial charge in [0.25, 0.3) is 0 Å². The van der Waals surface area contributed by atoms with Gasteiger partial charge < -0.3 is 9.73 Å². The third-order valence-electron chi connectivity index (χ3n) is 2.54. The van der Waals surface area contributed by atoms with E-state index in [0.717, 1.165) is 25.1 Å². The molecular weight excluding hydrogens is 364 g/mol. The molecule has 1 rings (SSSR count). The molecule has 0 aliphatic rings. The highest BCUT2D eigenvalue weighted by Crippen LogP contribution is 2.26. The van der Waals surface area contributed by atoms with Gasteiger partial charge in [-0.15, -0.1) is 0 Å². The minimum atomic E-state index is -3.51. The van der Waals surface area contributed by atoms with Crippen LogP contribution in [0.3, 0.4) is 0 Å². The number of halogens is 1.